The summed E-state index contributed by atoms with van der Waals surface area (Å²) in [4.78, 5) is 12.2. The molecule has 1 N–H and O–H groups in total. The fourth-order valence-electron chi connectivity index (χ4n) is 2.59. The Morgan fingerprint density at radius 1 is 1.20 bits per heavy atom. The van der Waals surface area contributed by atoms with Crippen LogP contribution < -0.4 is 10.2 Å². The van der Waals surface area contributed by atoms with E-state index in [0.29, 0.717) is 17.9 Å². The molecule has 0 bridgehead atoms. The normalized spacial score (nSPS) is 10.6. The number of nitrogens with one attached hydrogen (secondary N) is 1. The molecule has 0 aliphatic carbocycles. The van der Waals surface area contributed by atoms with Gasteiger partial charge in [0.25, 0.3) is 5.91 Å². The van der Waals surface area contributed by atoms with Gasteiger partial charge in [-0.1, -0.05) is 45.8 Å². The Balaban J connectivity index is 1.70. The highest BCUT2D eigenvalue weighted by atomic mass is 79.9. The van der Waals surface area contributed by atoms with E-state index in [1.807, 2.05) is 43.3 Å². The Hall–Kier alpha value is -3.50. The summed E-state index contributed by atoms with van der Waals surface area (Å²) in [7, 11) is 0. The molecule has 1 amide bonds. The quantitative estimate of drug-likeness (QED) is 0.405. The van der Waals surface area contributed by atoms with Crippen molar-refractivity contribution in [3.05, 3.63) is 98.8 Å². The summed E-state index contributed by atoms with van der Waals surface area (Å²) in [6.07, 6.45) is 1.43. The average molecular weight is 466 g/mol. The van der Waals surface area contributed by atoms with Gasteiger partial charge in [0.2, 0.25) is 0 Å². The van der Waals surface area contributed by atoms with Gasteiger partial charge in [0, 0.05) is 10.0 Å². The van der Waals surface area contributed by atoms with Crippen molar-refractivity contribution >= 4 is 28.1 Å². The molecule has 150 valence electrons. The Kier molecular flexibility index (Phi) is 6.94. The molecule has 0 radical (unpaired) electrons. The van der Waals surface area contributed by atoms with Gasteiger partial charge in [-0.25, -0.2) is 9.82 Å². The number of carbonyl (C=O) groups is 1. The second-order valence-electron chi connectivity index (χ2n) is 6.46. The molecule has 0 unspecified atom stereocenters. The monoisotopic (exact) mass is 465 g/mol. The first-order chi connectivity index (χ1) is 14.5. The number of hydrogen-bond acceptors (Lipinski definition) is 4. The first-order valence-electron chi connectivity index (χ1n) is 8.97. The number of hydrogen-bond donors (Lipinski definition) is 1. The Morgan fingerprint density at radius 2 is 1.97 bits per heavy atom. The van der Waals surface area contributed by atoms with Crippen molar-refractivity contribution in [2.45, 2.75) is 13.5 Å². The SMILES string of the molecule is Cc1ccc(COc2ccc(Br)cc2/C=N\NC(=O)c2ccc(C#N)cc2F)cc1. The van der Waals surface area contributed by atoms with Crippen LogP contribution in [-0.4, -0.2) is 12.1 Å². The minimum absolute atomic E-state index is 0.136. The number of carbonyl (C=O) groups excluding carboxylic acids is 1. The lowest BCUT2D eigenvalue weighted by Gasteiger charge is -2.10. The molecule has 0 fully saturated rings. The summed E-state index contributed by atoms with van der Waals surface area (Å²) in [5.74, 6) is -0.919. The fourth-order valence-corrected chi connectivity index (χ4v) is 2.97. The van der Waals surface area contributed by atoms with Crippen LogP contribution in [0.15, 0.2) is 70.2 Å². The standard InChI is InChI=1S/C23H17BrFN3O2/c1-15-2-4-16(5-3-15)14-30-22-9-7-19(24)11-18(22)13-27-28-23(29)20-8-6-17(12-26)10-21(20)25/h2-11,13H,14H2,1H3,(H,28,29)/b27-13-. The summed E-state index contributed by atoms with van der Waals surface area (Å²) < 4.78 is 20.7. The van der Waals surface area contributed by atoms with E-state index in [1.165, 1.54) is 23.9 Å². The molecule has 0 atom stereocenters. The van der Waals surface area contributed by atoms with Crippen LogP contribution in [0, 0.1) is 24.1 Å². The second-order valence-corrected chi connectivity index (χ2v) is 7.38. The van der Waals surface area contributed by atoms with E-state index in [1.54, 1.807) is 12.1 Å². The maximum atomic E-state index is 14.0. The number of nitriles is 1. The van der Waals surface area contributed by atoms with E-state index in [2.05, 4.69) is 26.5 Å². The first kappa shape index (κ1) is 21.2. The van der Waals surface area contributed by atoms with Crippen LogP contribution in [0.1, 0.15) is 32.6 Å². The lowest BCUT2D eigenvalue weighted by atomic mass is 10.1. The Bertz CT molecular complexity index is 1140. The van der Waals surface area contributed by atoms with Crippen molar-refractivity contribution in [3.63, 3.8) is 0 Å². The Labute approximate surface area is 181 Å². The molecular weight excluding hydrogens is 449 g/mol. The highest BCUT2D eigenvalue weighted by Crippen LogP contribution is 2.23. The third kappa shape index (κ3) is 5.52. The van der Waals surface area contributed by atoms with Gasteiger partial charge in [-0.15, -0.1) is 0 Å². The minimum Gasteiger partial charge on any atom is -0.488 e. The van der Waals surface area contributed by atoms with E-state index in [0.717, 1.165) is 16.1 Å². The van der Waals surface area contributed by atoms with Gasteiger partial charge in [-0.2, -0.15) is 10.4 Å². The zero-order valence-corrected chi connectivity index (χ0v) is 17.6. The molecule has 7 heteroatoms. The van der Waals surface area contributed by atoms with Gasteiger partial charge in [0.1, 0.15) is 18.2 Å². The van der Waals surface area contributed by atoms with Crippen molar-refractivity contribution in [1.82, 2.24) is 5.43 Å². The van der Waals surface area contributed by atoms with Crippen molar-refractivity contribution in [3.8, 4) is 11.8 Å². The van der Waals surface area contributed by atoms with Gasteiger partial charge in [0.15, 0.2) is 0 Å². The maximum Gasteiger partial charge on any atom is 0.274 e. The van der Waals surface area contributed by atoms with Crippen LogP contribution >= 0.6 is 15.9 Å². The van der Waals surface area contributed by atoms with E-state index in [-0.39, 0.29) is 11.1 Å². The third-order valence-electron chi connectivity index (χ3n) is 4.20. The van der Waals surface area contributed by atoms with E-state index in [4.69, 9.17) is 10.00 Å². The highest BCUT2D eigenvalue weighted by Gasteiger charge is 2.11. The summed E-state index contributed by atoms with van der Waals surface area (Å²) >= 11 is 3.40. The number of nitrogens with zero attached hydrogens (tertiary/aromatic N) is 2. The molecule has 0 aliphatic rings. The summed E-state index contributed by atoms with van der Waals surface area (Å²) in [6, 6.07) is 18.9. The summed E-state index contributed by atoms with van der Waals surface area (Å²) in [5.41, 5.74) is 5.06. The molecule has 0 aromatic heterocycles. The molecular formula is C23H17BrFN3O2. The largest absolute Gasteiger partial charge is 0.488 e. The smallest absolute Gasteiger partial charge is 0.274 e. The van der Waals surface area contributed by atoms with Gasteiger partial charge in [0.05, 0.1) is 23.4 Å². The molecule has 0 saturated heterocycles. The van der Waals surface area contributed by atoms with Crippen molar-refractivity contribution in [1.29, 1.82) is 5.26 Å². The number of benzene rings is 3. The maximum absolute atomic E-state index is 14.0. The van der Waals surface area contributed by atoms with E-state index in [9.17, 15) is 9.18 Å². The van der Waals surface area contributed by atoms with Gasteiger partial charge in [-0.3, -0.25) is 4.79 Å². The predicted octanol–water partition coefficient (Wildman–Crippen LogP) is 5.11. The van der Waals surface area contributed by atoms with Crippen LogP contribution in [0.25, 0.3) is 0 Å². The predicted molar refractivity (Wildman–Crippen MR) is 116 cm³/mol. The molecule has 0 heterocycles. The number of aryl methyl sites for hydroxylation is 1. The minimum atomic E-state index is -0.786. The molecule has 3 rings (SSSR count). The van der Waals surface area contributed by atoms with Crippen LogP contribution in [0.3, 0.4) is 0 Å². The molecule has 3 aromatic rings. The second kappa shape index (κ2) is 9.81. The first-order valence-corrected chi connectivity index (χ1v) is 9.76. The van der Waals surface area contributed by atoms with Crippen LogP contribution in [-0.2, 0) is 6.61 Å². The zero-order chi connectivity index (χ0) is 21.5. The number of rotatable bonds is 6. The summed E-state index contributed by atoms with van der Waals surface area (Å²) in [6.45, 7) is 2.40. The van der Waals surface area contributed by atoms with Gasteiger partial charge < -0.3 is 4.74 Å². The number of hydrazone groups is 1. The van der Waals surface area contributed by atoms with Crippen molar-refractivity contribution < 1.29 is 13.9 Å². The van der Waals surface area contributed by atoms with E-state index >= 15 is 0 Å². The lowest BCUT2D eigenvalue weighted by molar-refractivity contribution is 0.0951. The molecule has 0 aliphatic heterocycles. The van der Waals surface area contributed by atoms with Crippen LogP contribution in [0.4, 0.5) is 4.39 Å². The van der Waals surface area contributed by atoms with Crippen LogP contribution in [0.5, 0.6) is 5.75 Å². The molecule has 0 saturated carbocycles. The number of amides is 1. The van der Waals surface area contributed by atoms with Gasteiger partial charge in [-0.05, 0) is 48.9 Å². The molecule has 30 heavy (non-hydrogen) atoms. The van der Waals surface area contributed by atoms with Crippen molar-refractivity contribution in [2.24, 2.45) is 5.10 Å². The lowest BCUT2D eigenvalue weighted by Crippen LogP contribution is -2.19. The van der Waals surface area contributed by atoms with E-state index < -0.39 is 11.7 Å². The zero-order valence-electron chi connectivity index (χ0n) is 16.0. The Morgan fingerprint density at radius 3 is 2.67 bits per heavy atom. The van der Waals surface area contributed by atoms with Crippen LogP contribution in [0.2, 0.25) is 0 Å². The third-order valence-corrected chi connectivity index (χ3v) is 4.69. The average Bonchev–Trinajstić information content (AvgIpc) is 2.74. The summed E-state index contributed by atoms with van der Waals surface area (Å²) in [5, 5.41) is 12.7. The van der Waals surface area contributed by atoms with Gasteiger partial charge >= 0.3 is 0 Å². The number of halogens is 2. The molecule has 5 nitrogen and oxygen atoms in total. The highest BCUT2D eigenvalue weighted by molar-refractivity contribution is 9.10. The topological polar surface area (TPSA) is 74.5 Å². The molecule has 3 aromatic carbocycles. The molecule has 0 spiro atoms. The van der Waals surface area contributed by atoms with Crippen molar-refractivity contribution in [2.75, 3.05) is 0 Å². The fraction of sp³-hybridized carbons (Fsp3) is 0.0870. The number of ether oxygens (including phenoxy) is 1.